The number of hydrogen-bond donors (Lipinski definition) is 2. The summed E-state index contributed by atoms with van der Waals surface area (Å²) in [6, 6.07) is 11.9. The molecule has 0 unspecified atom stereocenters. The molecule has 0 amide bonds. The first kappa shape index (κ1) is 15.2. The molecule has 0 spiro atoms. The lowest BCUT2D eigenvalue weighted by molar-refractivity contribution is -0.937. The lowest BCUT2D eigenvalue weighted by Gasteiger charge is -2.30. The van der Waals surface area contributed by atoms with Crippen LogP contribution in [0.2, 0.25) is 0 Å². The fourth-order valence-electron chi connectivity index (χ4n) is 2.75. The third-order valence-electron chi connectivity index (χ3n) is 3.97. The van der Waals surface area contributed by atoms with Crippen molar-refractivity contribution in [1.29, 1.82) is 0 Å². The van der Waals surface area contributed by atoms with Crippen LogP contribution in [0.15, 0.2) is 46.8 Å². The molecule has 2 aromatic rings. The Morgan fingerprint density at radius 3 is 2.77 bits per heavy atom. The van der Waals surface area contributed by atoms with E-state index in [1.165, 1.54) is 9.78 Å². The van der Waals surface area contributed by atoms with Gasteiger partial charge < -0.3 is 14.7 Å². The predicted molar refractivity (Wildman–Crippen MR) is 89.1 cm³/mol. The molecule has 1 fully saturated rings. The van der Waals surface area contributed by atoms with Gasteiger partial charge in [-0.1, -0.05) is 18.2 Å². The molecule has 22 heavy (non-hydrogen) atoms. The molecule has 1 aromatic carbocycles. The standard InChI is InChI=1S/C17H20N2O2S/c20-16-5-2-1-4-14(16)12-18-13-15(17-6-3-11-22-17)19-7-9-21-10-8-19/h1-6,11-12,15,20H,7-10,13H2/p+1/t15-/m0/s1. The van der Waals surface area contributed by atoms with Gasteiger partial charge in [-0.15, -0.1) is 11.3 Å². The zero-order chi connectivity index (χ0) is 15.2. The van der Waals surface area contributed by atoms with E-state index in [1.807, 2.05) is 18.2 Å². The Morgan fingerprint density at radius 1 is 1.23 bits per heavy atom. The van der Waals surface area contributed by atoms with E-state index >= 15 is 0 Å². The number of benzene rings is 1. The lowest BCUT2D eigenvalue weighted by Crippen LogP contribution is -3.14. The van der Waals surface area contributed by atoms with Crippen LogP contribution < -0.4 is 4.90 Å². The fraction of sp³-hybridized carbons (Fsp3) is 0.353. The molecular formula is C17H21N2O2S+. The van der Waals surface area contributed by atoms with E-state index in [1.54, 1.807) is 23.6 Å². The zero-order valence-electron chi connectivity index (χ0n) is 12.4. The molecule has 3 rings (SSSR count). The molecule has 2 N–H and O–H groups in total. The molecule has 1 aromatic heterocycles. The van der Waals surface area contributed by atoms with Gasteiger partial charge in [-0.2, -0.15) is 0 Å². The average molecular weight is 317 g/mol. The number of quaternary nitrogens is 1. The van der Waals surface area contributed by atoms with Crippen molar-refractivity contribution in [2.45, 2.75) is 6.04 Å². The number of thiophene rings is 1. The highest BCUT2D eigenvalue weighted by molar-refractivity contribution is 7.10. The van der Waals surface area contributed by atoms with Crippen LogP contribution in [-0.2, 0) is 4.74 Å². The van der Waals surface area contributed by atoms with Gasteiger partial charge >= 0.3 is 0 Å². The second-order valence-corrected chi connectivity index (χ2v) is 6.37. The van der Waals surface area contributed by atoms with Gasteiger partial charge in [0.15, 0.2) is 0 Å². The van der Waals surface area contributed by atoms with Gasteiger partial charge in [0, 0.05) is 11.8 Å². The smallest absolute Gasteiger partial charge is 0.142 e. The summed E-state index contributed by atoms with van der Waals surface area (Å²) in [6.45, 7) is 4.41. The molecule has 1 atom stereocenters. The molecule has 116 valence electrons. The van der Waals surface area contributed by atoms with Crippen molar-refractivity contribution in [1.82, 2.24) is 0 Å². The highest BCUT2D eigenvalue weighted by atomic mass is 32.1. The SMILES string of the molecule is Oc1ccccc1C=NC[C@@H](c1cccs1)[NH+]1CCOCC1. The largest absolute Gasteiger partial charge is 0.507 e. The number of ether oxygens (including phenoxy) is 1. The van der Waals surface area contributed by atoms with Gasteiger partial charge in [-0.05, 0) is 23.6 Å². The normalized spacial score (nSPS) is 17.8. The number of rotatable bonds is 5. The molecule has 1 saturated heterocycles. The van der Waals surface area contributed by atoms with Crippen molar-refractivity contribution in [2.75, 3.05) is 32.8 Å². The predicted octanol–water partition coefficient (Wildman–Crippen LogP) is 1.53. The third-order valence-corrected chi connectivity index (χ3v) is 4.96. The second kappa shape index (κ2) is 7.54. The third kappa shape index (κ3) is 3.74. The van der Waals surface area contributed by atoms with Gasteiger partial charge in [0.25, 0.3) is 0 Å². The topological polar surface area (TPSA) is 46.3 Å². The van der Waals surface area contributed by atoms with Gasteiger partial charge in [0.2, 0.25) is 0 Å². The lowest BCUT2D eigenvalue weighted by atomic mass is 10.2. The van der Waals surface area contributed by atoms with E-state index in [0.29, 0.717) is 6.04 Å². The van der Waals surface area contributed by atoms with Crippen LogP contribution in [0.1, 0.15) is 16.5 Å². The van der Waals surface area contributed by atoms with Crippen molar-refractivity contribution in [2.24, 2.45) is 4.99 Å². The number of nitrogens with zero attached hydrogens (tertiary/aromatic N) is 1. The molecule has 0 saturated carbocycles. The quantitative estimate of drug-likeness (QED) is 0.822. The molecule has 2 heterocycles. The van der Waals surface area contributed by atoms with Crippen molar-refractivity contribution in [3.63, 3.8) is 0 Å². The Balaban J connectivity index is 1.71. The second-order valence-electron chi connectivity index (χ2n) is 5.39. The first-order chi connectivity index (χ1) is 10.8. The molecule has 5 heteroatoms. The van der Waals surface area contributed by atoms with Gasteiger partial charge in [0.05, 0.1) is 24.6 Å². The Labute approximate surface area is 134 Å². The molecule has 1 aliphatic rings. The van der Waals surface area contributed by atoms with Crippen molar-refractivity contribution < 1.29 is 14.7 Å². The summed E-state index contributed by atoms with van der Waals surface area (Å²) in [4.78, 5) is 7.49. The summed E-state index contributed by atoms with van der Waals surface area (Å²) in [7, 11) is 0. The minimum absolute atomic E-state index is 0.276. The number of morpholine rings is 1. The summed E-state index contributed by atoms with van der Waals surface area (Å²) in [5, 5.41) is 11.9. The van der Waals surface area contributed by atoms with E-state index < -0.39 is 0 Å². The summed E-state index contributed by atoms with van der Waals surface area (Å²) in [6.07, 6.45) is 1.77. The first-order valence-corrected chi connectivity index (χ1v) is 8.46. The zero-order valence-corrected chi connectivity index (χ0v) is 13.3. The Kier molecular flexibility index (Phi) is 5.21. The van der Waals surface area contributed by atoms with E-state index in [-0.39, 0.29) is 5.75 Å². The number of aliphatic imine (C=N–C) groups is 1. The van der Waals surface area contributed by atoms with Gasteiger partial charge in [-0.25, -0.2) is 0 Å². The van der Waals surface area contributed by atoms with Crippen LogP contribution in [0.25, 0.3) is 0 Å². The Bertz CT molecular complexity index is 607. The van der Waals surface area contributed by atoms with Gasteiger partial charge in [0.1, 0.15) is 24.9 Å². The number of phenolic OH excluding ortho intramolecular Hbond substituents is 1. The molecular weight excluding hydrogens is 296 g/mol. The summed E-state index contributed by atoms with van der Waals surface area (Å²) in [5.41, 5.74) is 0.768. The van der Waals surface area contributed by atoms with E-state index in [9.17, 15) is 5.11 Å². The number of para-hydroxylation sites is 1. The Hall–Kier alpha value is -1.69. The van der Waals surface area contributed by atoms with Crippen LogP contribution in [0.5, 0.6) is 5.75 Å². The molecule has 0 bridgehead atoms. The first-order valence-electron chi connectivity index (χ1n) is 7.58. The maximum absolute atomic E-state index is 9.80. The van der Waals surface area contributed by atoms with E-state index in [2.05, 4.69) is 22.5 Å². The maximum atomic E-state index is 9.80. The number of nitrogens with one attached hydrogen (secondary N) is 1. The number of aromatic hydroxyl groups is 1. The van der Waals surface area contributed by atoms with Crippen molar-refractivity contribution >= 4 is 17.6 Å². The maximum Gasteiger partial charge on any atom is 0.142 e. The fourth-order valence-corrected chi connectivity index (χ4v) is 3.62. The van der Waals surface area contributed by atoms with E-state index in [4.69, 9.17) is 4.74 Å². The molecule has 1 aliphatic heterocycles. The van der Waals surface area contributed by atoms with E-state index in [0.717, 1.165) is 38.4 Å². The minimum Gasteiger partial charge on any atom is -0.507 e. The van der Waals surface area contributed by atoms with Crippen molar-refractivity contribution in [3.8, 4) is 5.75 Å². The molecule has 0 aliphatic carbocycles. The highest BCUT2D eigenvalue weighted by Crippen LogP contribution is 2.18. The highest BCUT2D eigenvalue weighted by Gasteiger charge is 2.26. The average Bonchev–Trinajstić information content (AvgIpc) is 3.08. The van der Waals surface area contributed by atoms with Gasteiger partial charge in [-0.3, -0.25) is 4.99 Å². The minimum atomic E-state index is 0.276. The monoisotopic (exact) mass is 317 g/mol. The van der Waals surface area contributed by atoms with Crippen molar-refractivity contribution in [3.05, 3.63) is 52.2 Å². The molecule has 4 nitrogen and oxygen atoms in total. The van der Waals surface area contributed by atoms with Crippen LogP contribution in [-0.4, -0.2) is 44.2 Å². The van der Waals surface area contributed by atoms with Crippen LogP contribution in [0.3, 0.4) is 0 Å². The van der Waals surface area contributed by atoms with Crippen LogP contribution in [0.4, 0.5) is 0 Å². The summed E-state index contributed by atoms with van der Waals surface area (Å²) < 4.78 is 5.47. The molecule has 0 radical (unpaired) electrons. The Morgan fingerprint density at radius 2 is 2.05 bits per heavy atom. The summed E-state index contributed by atoms with van der Waals surface area (Å²) in [5.74, 6) is 0.276. The number of phenols is 1. The number of hydrogen-bond acceptors (Lipinski definition) is 4. The van der Waals surface area contributed by atoms with Crippen LogP contribution >= 0.6 is 11.3 Å². The van der Waals surface area contributed by atoms with Crippen LogP contribution in [0, 0.1) is 0 Å². The summed E-state index contributed by atoms with van der Waals surface area (Å²) >= 11 is 1.79.